The molecule has 1 aliphatic heterocycles. The molecule has 4 nitrogen and oxygen atoms in total. The van der Waals surface area contributed by atoms with Crippen LogP contribution in [0.2, 0.25) is 0 Å². The van der Waals surface area contributed by atoms with E-state index >= 15 is 0 Å². The first-order valence-corrected chi connectivity index (χ1v) is 9.57. The van der Waals surface area contributed by atoms with Crippen molar-refractivity contribution in [1.82, 2.24) is 4.90 Å². The highest BCUT2D eigenvalue weighted by atomic mass is 79.9. The predicted octanol–water partition coefficient (Wildman–Crippen LogP) is 4.11. The minimum Gasteiger partial charge on any atom is -0.369 e. The van der Waals surface area contributed by atoms with Crippen LogP contribution < -0.4 is 10.2 Å². The van der Waals surface area contributed by atoms with E-state index in [1.165, 1.54) is 12.1 Å². The van der Waals surface area contributed by atoms with Crippen LogP contribution in [0.4, 0.5) is 15.8 Å². The average molecular weight is 471 g/mol. The third kappa shape index (κ3) is 5.03. The Morgan fingerprint density at radius 2 is 1.72 bits per heavy atom. The molecular formula is C18H18Br2FN3O. The molecule has 1 fully saturated rings. The van der Waals surface area contributed by atoms with Crippen LogP contribution in [0.1, 0.15) is 0 Å². The molecule has 132 valence electrons. The highest BCUT2D eigenvalue weighted by Crippen LogP contribution is 2.26. The Hall–Kier alpha value is -1.44. The Bertz CT molecular complexity index is 746. The van der Waals surface area contributed by atoms with Crippen molar-refractivity contribution in [2.45, 2.75) is 0 Å². The van der Waals surface area contributed by atoms with E-state index in [4.69, 9.17) is 0 Å². The van der Waals surface area contributed by atoms with Crippen LogP contribution in [-0.4, -0.2) is 43.5 Å². The van der Waals surface area contributed by atoms with Crippen molar-refractivity contribution < 1.29 is 9.18 Å². The second kappa shape index (κ2) is 8.29. The Morgan fingerprint density at radius 1 is 1.04 bits per heavy atom. The molecule has 0 saturated carbocycles. The molecule has 0 radical (unpaired) electrons. The number of carbonyl (C=O) groups is 1. The van der Waals surface area contributed by atoms with Crippen LogP contribution >= 0.6 is 31.9 Å². The number of anilines is 2. The molecule has 3 rings (SSSR count). The van der Waals surface area contributed by atoms with Crippen molar-refractivity contribution in [2.24, 2.45) is 0 Å². The molecule has 0 unspecified atom stereocenters. The fourth-order valence-electron chi connectivity index (χ4n) is 2.80. The summed E-state index contributed by atoms with van der Waals surface area (Å²) in [4.78, 5) is 16.6. The van der Waals surface area contributed by atoms with E-state index in [2.05, 4.69) is 47.0 Å². The smallest absolute Gasteiger partial charge is 0.238 e. The Kier molecular flexibility index (Phi) is 6.09. The molecular weight excluding hydrogens is 453 g/mol. The van der Waals surface area contributed by atoms with Crippen molar-refractivity contribution in [1.29, 1.82) is 0 Å². The van der Waals surface area contributed by atoms with Gasteiger partial charge in [-0.15, -0.1) is 0 Å². The zero-order valence-electron chi connectivity index (χ0n) is 13.5. The summed E-state index contributed by atoms with van der Waals surface area (Å²) in [6.07, 6.45) is 0. The molecule has 2 aromatic rings. The third-order valence-electron chi connectivity index (χ3n) is 4.13. The van der Waals surface area contributed by atoms with E-state index in [-0.39, 0.29) is 11.7 Å². The van der Waals surface area contributed by atoms with Gasteiger partial charge in [0.2, 0.25) is 5.91 Å². The number of halogens is 3. The lowest BCUT2D eigenvalue weighted by Gasteiger charge is -2.35. The summed E-state index contributed by atoms with van der Waals surface area (Å²) >= 11 is 6.85. The summed E-state index contributed by atoms with van der Waals surface area (Å²) in [5, 5.41) is 2.93. The number of benzene rings is 2. The van der Waals surface area contributed by atoms with E-state index in [9.17, 15) is 9.18 Å². The van der Waals surface area contributed by atoms with E-state index < -0.39 is 0 Å². The summed E-state index contributed by atoms with van der Waals surface area (Å²) in [5.41, 5.74) is 1.77. The number of rotatable bonds is 4. The van der Waals surface area contributed by atoms with Gasteiger partial charge in [0.25, 0.3) is 0 Å². The standard InChI is InChI=1S/C18H18Br2FN3O/c19-13-1-6-16(20)17(11-13)22-18(25)12-23-7-9-24(10-8-23)15-4-2-14(21)3-5-15/h1-6,11H,7-10,12H2,(H,22,25). The molecule has 1 aliphatic rings. The second-order valence-electron chi connectivity index (χ2n) is 5.91. The van der Waals surface area contributed by atoms with Gasteiger partial charge in [0.15, 0.2) is 0 Å². The number of carbonyl (C=O) groups excluding carboxylic acids is 1. The normalized spacial score (nSPS) is 15.2. The molecule has 1 heterocycles. The number of hydrogen-bond acceptors (Lipinski definition) is 3. The quantitative estimate of drug-likeness (QED) is 0.730. The van der Waals surface area contributed by atoms with Gasteiger partial charge >= 0.3 is 0 Å². The van der Waals surface area contributed by atoms with Gasteiger partial charge in [-0.05, 0) is 58.4 Å². The van der Waals surface area contributed by atoms with Crippen LogP contribution in [0.25, 0.3) is 0 Å². The lowest BCUT2D eigenvalue weighted by atomic mass is 10.2. The lowest BCUT2D eigenvalue weighted by Crippen LogP contribution is -2.48. The second-order valence-corrected chi connectivity index (χ2v) is 7.68. The Labute approximate surface area is 163 Å². The lowest BCUT2D eigenvalue weighted by molar-refractivity contribution is -0.117. The van der Waals surface area contributed by atoms with E-state index in [1.54, 1.807) is 12.1 Å². The molecule has 1 N–H and O–H groups in total. The summed E-state index contributed by atoms with van der Waals surface area (Å²) in [6, 6.07) is 12.2. The SMILES string of the molecule is O=C(CN1CCN(c2ccc(F)cc2)CC1)Nc1cc(Br)ccc1Br. The molecule has 0 bridgehead atoms. The monoisotopic (exact) mass is 469 g/mol. The topological polar surface area (TPSA) is 35.6 Å². The summed E-state index contributed by atoms with van der Waals surface area (Å²) in [7, 11) is 0. The number of piperazine rings is 1. The molecule has 0 aromatic heterocycles. The summed E-state index contributed by atoms with van der Waals surface area (Å²) in [6.45, 7) is 3.59. The summed E-state index contributed by atoms with van der Waals surface area (Å²) < 4.78 is 14.8. The van der Waals surface area contributed by atoms with Crippen LogP contribution in [-0.2, 0) is 4.79 Å². The van der Waals surface area contributed by atoms with Crippen LogP contribution in [0, 0.1) is 5.82 Å². The van der Waals surface area contributed by atoms with Crippen LogP contribution in [0.5, 0.6) is 0 Å². The maximum Gasteiger partial charge on any atom is 0.238 e. The predicted molar refractivity (Wildman–Crippen MR) is 106 cm³/mol. The first kappa shape index (κ1) is 18.4. The van der Waals surface area contributed by atoms with Gasteiger partial charge in [0, 0.05) is 40.8 Å². The maximum absolute atomic E-state index is 13.0. The minimum absolute atomic E-state index is 0.0333. The zero-order valence-corrected chi connectivity index (χ0v) is 16.7. The highest BCUT2D eigenvalue weighted by molar-refractivity contribution is 9.11. The minimum atomic E-state index is -0.224. The fourth-order valence-corrected chi connectivity index (χ4v) is 3.51. The molecule has 25 heavy (non-hydrogen) atoms. The van der Waals surface area contributed by atoms with Crippen molar-refractivity contribution in [3.63, 3.8) is 0 Å². The molecule has 7 heteroatoms. The fraction of sp³-hybridized carbons (Fsp3) is 0.278. The van der Waals surface area contributed by atoms with Gasteiger partial charge in [-0.1, -0.05) is 15.9 Å². The molecule has 1 saturated heterocycles. The first-order chi connectivity index (χ1) is 12.0. The Balaban J connectivity index is 1.51. The van der Waals surface area contributed by atoms with Gasteiger partial charge in [0.05, 0.1) is 12.2 Å². The van der Waals surface area contributed by atoms with E-state index in [0.29, 0.717) is 6.54 Å². The number of nitrogens with one attached hydrogen (secondary N) is 1. The van der Waals surface area contributed by atoms with Crippen molar-refractivity contribution >= 4 is 49.1 Å². The molecule has 0 spiro atoms. The number of hydrogen-bond donors (Lipinski definition) is 1. The average Bonchev–Trinajstić information content (AvgIpc) is 2.59. The van der Waals surface area contributed by atoms with E-state index in [1.807, 2.05) is 18.2 Å². The van der Waals surface area contributed by atoms with Gasteiger partial charge in [-0.2, -0.15) is 0 Å². The Morgan fingerprint density at radius 3 is 2.40 bits per heavy atom. The molecule has 2 aromatic carbocycles. The molecule has 0 atom stereocenters. The van der Waals surface area contributed by atoms with E-state index in [0.717, 1.165) is 46.5 Å². The first-order valence-electron chi connectivity index (χ1n) is 7.99. The zero-order chi connectivity index (χ0) is 17.8. The van der Waals surface area contributed by atoms with Gasteiger partial charge in [0.1, 0.15) is 5.82 Å². The van der Waals surface area contributed by atoms with Gasteiger partial charge in [-0.25, -0.2) is 4.39 Å². The summed E-state index contributed by atoms with van der Waals surface area (Å²) in [5.74, 6) is -0.258. The highest BCUT2D eigenvalue weighted by Gasteiger charge is 2.19. The van der Waals surface area contributed by atoms with Gasteiger partial charge < -0.3 is 10.2 Å². The number of amides is 1. The third-order valence-corrected chi connectivity index (χ3v) is 5.32. The molecule has 0 aliphatic carbocycles. The van der Waals surface area contributed by atoms with Gasteiger partial charge in [-0.3, -0.25) is 9.69 Å². The van der Waals surface area contributed by atoms with Crippen LogP contribution in [0.3, 0.4) is 0 Å². The maximum atomic E-state index is 13.0. The van der Waals surface area contributed by atoms with Crippen LogP contribution in [0.15, 0.2) is 51.4 Å². The number of nitrogens with zero attached hydrogens (tertiary/aromatic N) is 2. The molecule has 1 amide bonds. The van der Waals surface area contributed by atoms with Crippen molar-refractivity contribution in [2.75, 3.05) is 42.9 Å². The van der Waals surface area contributed by atoms with Crippen molar-refractivity contribution in [3.8, 4) is 0 Å². The largest absolute Gasteiger partial charge is 0.369 e. The van der Waals surface area contributed by atoms with Crippen molar-refractivity contribution in [3.05, 3.63) is 57.2 Å².